The minimum absolute atomic E-state index is 0. The Bertz CT molecular complexity index is 100. The topological polar surface area (TPSA) is 35.5 Å². The van der Waals surface area contributed by atoms with Gasteiger partial charge in [-0.2, -0.15) is 0 Å². The molecule has 0 aromatic carbocycles. The van der Waals surface area contributed by atoms with Gasteiger partial charge in [0.2, 0.25) is 0 Å². The summed E-state index contributed by atoms with van der Waals surface area (Å²) in [5.41, 5.74) is 0. The van der Waals surface area contributed by atoms with E-state index in [1.807, 2.05) is 0 Å². The van der Waals surface area contributed by atoms with Crippen LogP contribution in [0.5, 0.6) is 0 Å². The Kier molecular flexibility index (Phi) is 9.70. The standard InChI is InChI=1S/C5H7O3.Zn/c1-7-4-3-5(6)8-2;/h4H,1-2H3;/q-1;. The van der Waals surface area contributed by atoms with Crippen molar-refractivity contribution in [3.05, 3.63) is 12.3 Å². The van der Waals surface area contributed by atoms with E-state index in [9.17, 15) is 4.79 Å². The summed E-state index contributed by atoms with van der Waals surface area (Å²) in [7, 11) is 2.70. The van der Waals surface area contributed by atoms with Crippen LogP contribution in [0.25, 0.3) is 0 Å². The zero-order chi connectivity index (χ0) is 6.41. The van der Waals surface area contributed by atoms with Gasteiger partial charge in [0.05, 0.1) is 14.2 Å². The molecule has 0 aliphatic rings. The van der Waals surface area contributed by atoms with E-state index in [0.717, 1.165) is 6.26 Å². The first-order valence-corrected chi connectivity index (χ1v) is 2.00. The fourth-order valence-electron chi connectivity index (χ4n) is 0.166. The molecule has 0 N–H and O–H groups in total. The Hall–Kier alpha value is -0.367. The van der Waals surface area contributed by atoms with Crippen LogP contribution in [0.4, 0.5) is 0 Å². The summed E-state index contributed by atoms with van der Waals surface area (Å²) in [6, 6.07) is 0. The number of carbonyl (C=O) groups excluding carboxylic acids is 1. The number of carbonyl (C=O) groups is 1. The molecule has 0 radical (unpaired) electrons. The van der Waals surface area contributed by atoms with Gasteiger partial charge in [0.25, 0.3) is 0 Å². The van der Waals surface area contributed by atoms with Crippen molar-refractivity contribution in [1.82, 2.24) is 0 Å². The molecule has 0 rings (SSSR count). The minimum atomic E-state index is -0.535. The Labute approximate surface area is 66.8 Å². The van der Waals surface area contributed by atoms with Crippen molar-refractivity contribution in [3.63, 3.8) is 0 Å². The quantitative estimate of drug-likeness (QED) is 0.199. The molecule has 0 aromatic heterocycles. The van der Waals surface area contributed by atoms with Crippen LogP contribution < -0.4 is 0 Å². The fraction of sp³-hybridized carbons (Fsp3) is 0.400. The van der Waals surface area contributed by atoms with Crippen molar-refractivity contribution in [1.29, 1.82) is 0 Å². The fourth-order valence-corrected chi connectivity index (χ4v) is 0.166. The molecule has 9 heavy (non-hydrogen) atoms. The molecule has 3 nitrogen and oxygen atoms in total. The molecular formula is C5H7O3Zn-. The van der Waals surface area contributed by atoms with Crippen molar-refractivity contribution >= 4 is 5.97 Å². The largest absolute Gasteiger partial charge is 0.541 e. The number of esters is 1. The second-order valence-corrected chi connectivity index (χ2v) is 0.989. The molecule has 0 spiro atoms. The smallest absolute Gasteiger partial charge is 0.149 e. The molecule has 0 saturated carbocycles. The first-order valence-electron chi connectivity index (χ1n) is 2.00. The Morgan fingerprint density at radius 2 is 2.11 bits per heavy atom. The molecule has 0 fully saturated rings. The molecule has 0 heterocycles. The molecular weight excluding hydrogens is 173 g/mol. The number of hydrogen-bond acceptors (Lipinski definition) is 3. The number of methoxy groups -OCH3 is 2. The summed E-state index contributed by atoms with van der Waals surface area (Å²) in [4.78, 5) is 10.1. The monoisotopic (exact) mass is 179 g/mol. The van der Waals surface area contributed by atoms with Gasteiger partial charge >= 0.3 is 0 Å². The average Bonchev–Trinajstić information content (AvgIpc) is 1.83. The van der Waals surface area contributed by atoms with Crippen molar-refractivity contribution in [2.45, 2.75) is 0 Å². The third kappa shape index (κ3) is 7.63. The van der Waals surface area contributed by atoms with Gasteiger partial charge in [-0.3, -0.25) is 4.79 Å². The van der Waals surface area contributed by atoms with E-state index in [1.54, 1.807) is 0 Å². The van der Waals surface area contributed by atoms with Gasteiger partial charge in [0.1, 0.15) is 5.97 Å². The molecule has 0 unspecified atom stereocenters. The Morgan fingerprint density at radius 3 is 2.44 bits per heavy atom. The molecule has 0 aromatic rings. The van der Waals surface area contributed by atoms with Crippen LogP contribution in [0.15, 0.2) is 6.26 Å². The molecule has 0 aliphatic heterocycles. The van der Waals surface area contributed by atoms with Crippen molar-refractivity contribution in [3.8, 4) is 0 Å². The first-order chi connectivity index (χ1) is 3.81. The maximum atomic E-state index is 10.1. The van der Waals surface area contributed by atoms with Crippen LogP contribution in [0.2, 0.25) is 0 Å². The van der Waals surface area contributed by atoms with Crippen molar-refractivity contribution < 1.29 is 33.7 Å². The van der Waals surface area contributed by atoms with Crippen molar-refractivity contribution in [2.24, 2.45) is 0 Å². The van der Waals surface area contributed by atoms with Crippen LogP contribution in [-0.4, -0.2) is 20.2 Å². The van der Waals surface area contributed by atoms with E-state index in [4.69, 9.17) is 0 Å². The van der Waals surface area contributed by atoms with Gasteiger partial charge in [-0.05, 0) is 0 Å². The van der Waals surface area contributed by atoms with E-state index < -0.39 is 5.97 Å². The zero-order valence-electron chi connectivity index (χ0n) is 5.51. The van der Waals surface area contributed by atoms with E-state index in [0.29, 0.717) is 0 Å². The van der Waals surface area contributed by atoms with Gasteiger partial charge in [0.15, 0.2) is 0 Å². The molecule has 4 heteroatoms. The second kappa shape index (κ2) is 7.63. The van der Waals surface area contributed by atoms with Crippen LogP contribution >= 0.6 is 0 Å². The Balaban J connectivity index is 0. The molecule has 0 saturated heterocycles. The van der Waals surface area contributed by atoms with Gasteiger partial charge in [0, 0.05) is 19.5 Å². The van der Waals surface area contributed by atoms with Crippen LogP contribution in [0.3, 0.4) is 0 Å². The predicted octanol–water partition coefficient (Wildman–Crippen LogP) is 0.120. The van der Waals surface area contributed by atoms with Gasteiger partial charge < -0.3 is 15.5 Å². The summed E-state index contributed by atoms with van der Waals surface area (Å²) in [5, 5.41) is 0. The number of rotatable bonds is 2. The normalized spacial score (nSPS) is 8.22. The summed E-state index contributed by atoms with van der Waals surface area (Å²) < 4.78 is 8.57. The summed E-state index contributed by atoms with van der Waals surface area (Å²) in [6.45, 7) is 0. The van der Waals surface area contributed by atoms with Crippen LogP contribution in [0, 0.1) is 6.08 Å². The number of ether oxygens (including phenoxy) is 2. The van der Waals surface area contributed by atoms with E-state index in [2.05, 4.69) is 15.5 Å². The third-order valence-corrected chi connectivity index (χ3v) is 0.480. The van der Waals surface area contributed by atoms with Gasteiger partial charge in [-0.1, -0.05) is 6.26 Å². The SMILES string of the molecule is COC=[C-]C(=O)OC.[Zn]. The van der Waals surface area contributed by atoms with Crippen LogP contribution in [-0.2, 0) is 33.7 Å². The maximum Gasteiger partial charge on any atom is 0.149 e. The Morgan fingerprint density at radius 1 is 1.56 bits per heavy atom. The molecule has 0 amide bonds. The molecule has 0 bridgehead atoms. The van der Waals surface area contributed by atoms with E-state index in [-0.39, 0.29) is 19.5 Å². The predicted molar refractivity (Wildman–Crippen MR) is 26.8 cm³/mol. The second-order valence-electron chi connectivity index (χ2n) is 0.989. The van der Waals surface area contributed by atoms with Crippen molar-refractivity contribution in [2.75, 3.05) is 14.2 Å². The molecule has 48 valence electrons. The van der Waals surface area contributed by atoms with Crippen LogP contribution in [0.1, 0.15) is 0 Å². The third-order valence-electron chi connectivity index (χ3n) is 0.480. The van der Waals surface area contributed by atoms with Gasteiger partial charge in [-0.25, -0.2) is 0 Å². The minimum Gasteiger partial charge on any atom is -0.541 e. The van der Waals surface area contributed by atoms with Gasteiger partial charge in [-0.15, -0.1) is 0 Å². The molecule has 0 atom stereocenters. The summed E-state index contributed by atoms with van der Waals surface area (Å²) >= 11 is 0. The number of hydrogen-bond donors (Lipinski definition) is 0. The maximum absolute atomic E-state index is 10.1. The zero-order valence-corrected chi connectivity index (χ0v) is 8.48. The molecule has 0 aliphatic carbocycles. The average molecular weight is 180 g/mol. The summed E-state index contributed by atoms with van der Waals surface area (Å²) in [5.74, 6) is -0.535. The van der Waals surface area contributed by atoms with E-state index >= 15 is 0 Å². The summed E-state index contributed by atoms with van der Waals surface area (Å²) in [6.07, 6.45) is 3.30. The first kappa shape index (κ1) is 11.4. The van der Waals surface area contributed by atoms with E-state index in [1.165, 1.54) is 14.2 Å².